The number of benzene rings is 2. The van der Waals surface area contributed by atoms with Crippen LogP contribution in [0.4, 0.5) is 0 Å². The van der Waals surface area contributed by atoms with E-state index in [0.717, 1.165) is 12.1 Å². The van der Waals surface area contributed by atoms with Gasteiger partial charge in [0.05, 0.1) is 12.6 Å². The zero-order valence-electron chi connectivity index (χ0n) is 12.2. The van der Waals surface area contributed by atoms with E-state index in [-0.39, 0.29) is 12.6 Å². The van der Waals surface area contributed by atoms with Crippen LogP contribution in [0.3, 0.4) is 0 Å². The van der Waals surface area contributed by atoms with Gasteiger partial charge in [-0.05, 0) is 24.1 Å². The molecule has 0 aliphatic rings. The zero-order chi connectivity index (χ0) is 14.4. The third-order valence-corrected chi connectivity index (χ3v) is 3.82. The van der Waals surface area contributed by atoms with Crippen molar-refractivity contribution in [2.24, 2.45) is 0 Å². The number of aliphatic hydroxyl groups excluding tert-OH is 1. The lowest BCUT2D eigenvalue weighted by Crippen LogP contribution is -2.30. The molecule has 0 bridgehead atoms. The summed E-state index contributed by atoms with van der Waals surface area (Å²) >= 11 is 0. The lowest BCUT2D eigenvalue weighted by Gasteiger charge is -2.29. The van der Waals surface area contributed by atoms with Gasteiger partial charge in [0.1, 0.15) is 0 Å². The summed E-state index contributed by atoms with van der Waals surface area (Å²) < 4.78 is 0. The minimum atomic E-state index is 0.0577. The van der Waals surface area contributed by atoms with Crippen LogP contribution in [0.25, 0.3) is 0 Å². The van der Waals surface area contributed by atoms with Crippen LogP contribution in [0.5, 0.6) is 0 Å². The molecule has 0 heterocycles. The third-order valence-electron chi connectivity index (χ3n) is 3.82. The maximum Gasteiger partial charge on any atom is 0.0628 e. The minimum Gasteiger partial charge on any atom is -0.394 e. The summed E-state index contributed by atoms with van der Waals surface area (Å²) in [5, 5.41) is 9.69. The Balaban J connectivity index is 2.05. The highest BCUT2D eigenvalue weighted by Gasteiger charge is 2.18. The van der Waals surface area contributed by atoms with E-state index in [2.05, 4.69) is 55.3 Å². The van der Waals surface area contributed by atoms with Crippen molar-refractivity contribution in [1.82, 2.24) is 4.90 Å². The molecule has 2 heteroatoms. The molecule has 2 atom stereocenters. The highest BCUT2D eigenvalue weighted by Crippen LogP contribution is 2.23. The first-order chi connectivity index (χ1) is 9.72. The number of aliphatic hydroxyl groups is 1. The fourth-order valence-corrected chi connectivity index (χ4v) is 2.62. The number of rotatable bonds is 6. The average Bonchev–Trinajstić information content (AvgIpc) is 2.50. The van der Waals surface area contributed by atoms with Gasteiger partial charge in [-0.2, -0.15) is 0 Å². The lowest BCUT2D eigenvalue weighted by atomic mass is 9.99. The van der Waals surface area contributed by atoms with Crippen molar-refractivity contribution in [2.45, 2.75) is 18.9 Å². The maximum absolute atomic E-state index is 9.69. The summed E-state index contributed by atoms with van der Waals surface area (Å²) in [6.07, 6.45) is 0. The molecule has 0 aliphatic carbocycles. The topological polar surface area (TPSA) is 23.5 Å². The molecular formula is C18H23NO. The van der Waals surface area contributed by atoms with E-state index in [1.807, 2.05) is 24.3 Å². The van der Waals surface area contributed by atoms with Crippen LogP contribution in [0.2, 0.25) is 0 Å². The monoisotopic (exact) mass is 269 g/mol. The van der Waals surface area contributed by atoms with Gasteiger partial charge in [0.25, 0.3) is 0 Å². The molecule has 2 nitrogen and oxygen atoms in total. The predicted octanol–water partition coefficient (Wildman–Crippen LogP) is 3.46. The first-order valence-electron chi connectivity index (χ1n) is 7.13. The molecule has 0 radical (unpaired) electrons. The van der Waals surface area contributed by atoms with Gasteiger partial charge >= 0.3 is 0 Å². The van der Waals surface area contributed by atoms with Crippen LogP contribution in [-0.4, -0.2) is 30.2 Å². The first-order valence-corrected chi connectivity index (χ1v) is 7.13. The van der Waals surface area contributed by atoms with Gasteiger partial charge in [-0.25, -0.2) is 0 Å². The van der Waals surface area contributed by atoms with Crippen molar-refractivity contribution in [1.29, 1.82) is 0 Å². The highest BCUT2D eigenvalue weighted by molar-refractivity contribution is 5.21. The summed E-state index contributed by atoms with van der Waals surface area (Å²) in [7, 11) is 2.08. The molecule has 0 saturated carbocycles. The molecule has 0 aromatic heterocycles. The second-order valence-corrected chi connectivity index (χ2v) is 5.36. The molecule has 0 amide bonds. The van der Waals surface area contributed by atoms with Crippen molar-refractivity contribution in [2.75, 3.05) is 20.2 Å². The van der Waals surface area contributed by atoms with Gasteiger partial charge in [0, 0.05) is 6.54 Å². The lowest BCUT2D eigenvalue weighted by molar-refractivity contribution is 0.143. The van der Waals surface area contributed by atoms with Crippen LogP contribution in [-0.2, 0) is 0 Å². The second kappa shape index (κ2) is 7.22. The minimum absolute atomic E-state index is 0.0577. The van der Waals surface area contributed by atoms with E-state index in [4.69, 9.17) is 0 Å². The summed E-state index contributed by atoms with van der Waals surface area (Å²) in [5.74, 6) is 0.443. The van der Waals surface area contributed by atoms with Gasteiger partial charge in [-0.1, -0.05) is 67.6 Å². The molecule has 0 spiro atoms. The SMILES string of the molecule is C[C@@H](CN(C)[C@@H](CO)c1ccccc1)c1ccccc1. The molecule has 0 aliphatic heterocycles. The van der Waals surface area contributed by atoms with Gasteiger partial charge < -0.3 is 5.11 Å². The van der Waals surface area contributed by atoms with Crippen molar-refractivity contribution >= 4 is 0 Å². The van der Waals surface area contributed by atoms with E-state index < -0.39 is 0 Å². The summed E-state index contributed by atoms with van der Waals surface area (Å²) in [6.45, 7) is 3.29. The summed E-state index contributed by atoms with van der Waals surface area (Å²) in [6, 6.07) is 20.8. The molecule has 0 fully saturated rings. The maximum atomic E-state index is 9.69. The van der Waals surface area contributed by atoms with Gasteiger partial charge in [0.2, 0.25) is 0 Å². The van der Waals surface area contributed by atoms with Crippen LogP contribution in [0.1, 0.15) is 30.0 Å². The Bertz CT molecular complexity index is 497. The Hall–Kier alpha value is -1.64. The smallest absolute Gasteiger partial charge is 0.0628 e. The molecule has 1 N–H and O–H groups in total. The van der Waals surface area contributed by atoms with Gasteiger partial charge in [-0.15, -0.1) is 0 Å². The average molecular weight is 269 g/mol. The van der Waals surface area contributed by atoms with Crippen LogP contribution in [0.15, 0.2) is 60.7 Å². The zero-order valence-corrected chi connectivity index (χ0v) is 12.2. The van der Waals surface area contributed by atoms with E-state index in [1.165, 1.54) is 5.56 Å². The van der Waals surface area contributed by atoms with Crippen molar-refractivity contribution < 1.29 is 5.11 Å². The number of nitrogens with zero attached hydrogens (tertiary/aromatic N) is 1. The molecule has 106 valence electrons. The van der Waals surface area contributed by atoms with Crippen LogP contribution >= 0.6 is 0 Å². The summed E-state index contributed by atoms with van der Waals surface area (Å²) in [4.78, 5) is 2.23. The molecule has 20 heavy (non-hydrogen) atoms. The van der Waals surface area contributed by atoms with Crippen LogP contribution < -0.4 is 0 Å². The van der Waals surface area contributed by atoms with Gasteiger partial charge in [-0.3, -0.25) is 4.90 Å². The highest BCUT2D eigenvalue weighted by atomic mass is 16.3. The molecule has 0 unspecified atom stereocenters. The molecular weight excluding hydrogens is 246 g/mol. The molecule has 2 rings (SSSR count). The quantitative estimate of drug-likeness (QED) is 0.868. The van der Waals surface area contributed by atoms with E-state index >= 15 is 0 Å². The fourth-order valence-electron chi connectivity index (χ4n) is 2.62. The number of hydrogen-bond acceptors (Lipinski definition) is 2. The van der Waals surface area contributed by atoms with E-state index in [9.17, 15) is 5.11 Å². The molecule has 2 aromatic rings. The molecule has 2 aromatic carbocycles. The van der Waals surface area contributed by atoms with E-state index in [1.54, 1.807) is 0 Å². The Morgan fingerprint density at radius 3 is 1.90 bits per heavy atom. The van der Waals surface area contributed by atoms with Crippen molar-refractivity contribution in [3.8, 4) is 0 Å². The Morgan fingerprint density at radius 1 is 0.900 bits per heavy atom. The third kappa shape index (κ3) is 3.69. The van der Waals surface area contributed by atoms with Crippen molar-refractivity contribution in [3.63, 3.8) is 0 Å². The Kier molecular flexibility index (Phi) is 5.33. The molecule has 0 saturated heterocycles. The van der Waals surface area contributed by atoms with Crippen molar-refractivity contribution in [3.05, 3.63) is 71.8 Å². The normalized spacial score (nSPS) is 14.2. The predicted molar refractivity (Wildman–Crippen MR) is 83.8 cm³/mol. The second-order valence-electron chi connectivity index (χ2n) is 5.36. The Morgan fingerprint density at radius 2 is 1.40 bits per heavy atom. The standard InChI is InChI=1S/C18H23NO/c1-15(16-9-5-3-6-10-16)13-19(2)18(14-20)17-11-7-4-8-12-17/h3-12,15,18,20H,13-14H2,1-2H3/t15-,18-/m0/s1. The Labute approximate surface area is 121 Å². The fraction of sp³-hybridized carbons (Fsp3) is 0.333. The van der Waals surface area contributed by atoms with Crippen LogP contribution in [0, 0.1) is 0 Å². The van der Waals surface area contributed by atoms with E-state index in [0.29, 0.717) is 5.92 Å². The number of likely N-dealkylation sites (N-methyl/N-ethyl adjacent to an activating group) is 1. The first kappa shape index (κ1) is 14.8. The number of hydrogen-bond donors (Lipinski definition) is 1. The largest absolute Gasteiger partial charge is 0.394 e. The van der Waals surface area contributed by atoms with Gasteiger partial charge in [0.15, 0.2) is 0 Å². The summed E-state index contributed by atoms with van der Waals surface area (Å²) in [5.41, 5.74) is 2.50.